The maximum atomic E-state index is 11.8. The third-order valence-electron chi connectivity index (χ3n) is 4.00. The Morgan fingerprint density at radius 3 is 2.28 bits per heavy atom. The first-order valence-electron chi connectivity index (χ1n) is 7.23. The van der Waals surface area contributed by atoms with Gasteiger partial charge in [-0.05, 0) is 39.5 Å². The third kappa shape index (κ3) is 4.58. The van der Waals surface area contributed by atoms with Crippen molar-refractivity contribution < 1.29 is 4.79 Å². The average Bonchev–Trinajstić information content (AvgIpc) is 2.28. The number of carbonyl (C=O) groups is 1. The second-order valence-electron chi connectivity index (χ2n) is 5.97. The normalized spacial score (nSPS) is 27.2. The van der Waals surface area contributed by atoms with Crippen molar-refractivity contribution in [1.29, 1.82) is 0 Å². The van der Waals surface area contributed by atoms with Crippen LogP contribution in [0.2, 0.25) is 0 Å². The summed E-state index contributed by atoms with van der Waals surface area (Å²) in [5.74, 6) is 0.558. The maximum Gasteiger partial charge on any atom is 0.235 e. The molecule has 2 N–H and O–H groups in total. The van der Waals surface area contributed by atoms with E-state index in [1.54, 1.807) is 0 Å². The lowest BCUT2D eigenvalue weighted by molar-refractivity contribution is -0.122. The number of piperidine rings is 1. The molecule has 1 aliphatic heterocycles. The number of hydrogen-bond donors (Lipinski definition) is 2. The van der Waals surface area contributed by atoms with Crippen LogP contribution in [-0.2, 0) is 4.79 Å². The minimum atomic E-state index is 0.0844. The van der Waals surface area contributed by atoms with Gasteiger partial charge in [0, 0.05) is 18.1 Å². The summed E-state index contributed by atoms with van der Waals surface area (Å²) in [5.41, 5.74) is 3.29. The number of hydrazine groups is 1. The Kier molecular flexibility index (Phi) is 6.09. The smallest absolute Gasteiger partial charge is 0.235 e. The lowest BCUT2D eigenvalue weighted by Crippen LogP contribution is -2.55. The molecule has 0 spiro atoms. The second kappa shape index (κ2) is 7.10. The zero-order valence-electron chi connectivity index (χ0n) is 12.5. The van der Waals surface area contributed by atoms with Gasteiger partial charge in [-0.25, -0.2) is 10.4 Å². The first kappa shape index (κ1) is 15.4. The van der Waals surface area contributed by atoms with Gasteiger partial charge in [-0.2, -0.15) is 0 Å². The molecule has 1 aliphatic rings. The van der Waals surface area contributed by atoms with Crippen LogP contribution in [0.25, 0.3) is 0 Å². The van der Waals surface area contributed by atoms with Crippen molar-refractivity contribution in [3.05, 3.63) is 0 Å². The Hall–Kier alpha value is -0.610. The van der Waals surface area contributed by atoms with Crippen LogP contribution in [0.1, 0.15) is 53.9 Å². The van der Waals surface area contributed by atoms with Gasteiger partial charge in [-0.3, -0.25) is 4.79 Å². The van der Waals surface area contributed by atoms with Crippen LogP contribution in [-0.4, -0.2) is 35.6 Å². The lowest BCUT2D eigenvalue weighted by Gasteiger charge is -2.39. The molecule has 1 amide bonds. The van der Waals surface area contributed by atoms with Gasteiger partial charge in [0.1, 0.15) is 0 Å². The molecule has 1 fully saturated rings. The van der Waals surface area contributed by atoms with Crippen LogP contribution < -0.4 is 10.7 Å². The van der Waals surface area contributed by atoms with Crippen molar-refractivity contribution in [3.63, 3.8) is 0 Å². The maximum absolute atomic E-state index is 11.8. The Bertz CT molecular complexity index is 258. The van der Waals surface area contributed by atoms with Crippen LogP contribution >= 0.6 is 0 Å². The first-order chi connectivity index (χ1) is 8.41. The molecule has 0 aromatic heterocycles. The number of amides is 1. The van der Waals surface area contributed by atoms with Crippen LogP contribution in [0.3, 0.4) is 0 Å². The van der Waals surface area contributed by atoms with Crippen LogP contribution in [0.5, 0.6) is 0 Å². The predicted molar refractivity (Wildman–Crippen MR) is 75.1 cm³/mol. The summed E-state index contributed by atoms with van der Waals surface area (Å²) in [6, 6.07) is 1.27. The second-order valence-corrected chi connectivity index (χ2v) is 5.97. The molecule has 1 heterocycles. The lowest BCUT2D eigenvalue weighted by atomic mass is 10.00. The van der Waals surface area contributed by atoms with Gasteiger partial charge in [-0.1, -0.05) is 20.3 Å². The number of nitrogens with zero attached hydrogens (tertiary/aromatic N) is 1. The Morgan fingerprint density at radius 1 is 1.22 bits per heavy atom. The fraction of sp³-hybridized carbons (Fsp3) is 0.929. The molecule has 1 saturated heterocycles. The molecule has 0 bridgehead atoms. The minimum Gasteiger partial charge on any atom is -0.352 e. The van der Waals surface area contributed by atoms with E-state index in [1.165, 1.54) is 19.3 Å². The Balaban J connectivity index is 2.33. The molecular formula is C14H29N3O. The topological polar surface area (TPSA) is 44.4 Å². The zero-order chi connectivity index (χ0) is 13.7. The number of carbonyl (C=O) groups excluding carboxylic acids is 1. The highest BCUT2D eigenvalue weighted by molar-refractivity contribution is 5.78. The summed E-state index contributed by atoms with van der Waals surface area (Å²) in [6.45, 7) is 11.1. The summed E-state index contributed by atoms with van der Waals surface area (Å²) in [6.07, 6.45) is 3.71. The first-order valence-corrected chi connectivity index (χ1v) is 7.23. The summed E-state index contributed by atoms with van der Waals surface area (Å²) in [7, 11) is 0. The molecular weight excluding hydrogens is 226 g/mol. The van der Waals surface area contributed by atoms with Crippen LogP contribution in [0.15, 0.2) is 0 Å². The SMILES string of the molecule is CC(C)C(C)NC(=O)CNN1C(C)CCCC1C. The zero-order valence-corrected chi connectivity index (χ0v) is 12.5. The van der Waals surface area contributed by atoms with Gasteiger partial charge < -0.3 is 5.32 Å². The third-order valence-corrected chi connectivity index (χ3v) is 4.00. The largest absolute Gasteiger partial charge is 0.352 e. The molecule has 0 radical (unpaired) electrons. The molecule has 0 aromatic carbocycles. The van der Waals surface area contributed by atoms with Crippen molar-refractivity contribution in [2.75, 3.05) is 6.54 Å². The van der Waals surface area contributed by atoms with Crippen molar-refractivity contribution in [1.82, 2.24) is 15.8 Å². The standard InChI is InChI=1S/C14H29N3O/c1-10(2)13(5)16-14(18)9-15-17-11(3)7-6-8-12(17)4/h10-13,15H,6-9H2,1-5H3,(H,16,18). The molecule has 3 atom stereocenters. The van der Waals surface area contributed by atoms with E-state index in [4.69, 9.17) is 0 Å². The minimum absolute atomic E-state index is 0.0844. The predicted octanol–water partition coefficient (Wildman–Crippen LogP) is 1.91. The number of hydrogen-bond acceptors (Lipinski definition) is 3. The fourth-order valence-electron chi connectivity index (χ4n) is 2.37. The monoisotopic (exact) mass is 255 g/mol. The van der Waals surface area contributed by atoms with E-state index < -0.39 is 0 Å². The highest BCUT2D eigenvalue weighted by Gasteiger charge is 2.24. The van der Waals surface area contributed by atoms with Crippen molar-refractivity contribution in [2.45, 2.75) is 72.0 Å². The van der Waals surface area contributed by atoms with E-state index in [1.807, 2.05) is 0 Å². The quantitative estimate of drug-likeness (QED) is 0.789. The highest BCUT2D eigenvalue weighted by atomic mass is 16.2. The summed E-state index contributed by atoms with van der Waals surface area (Å²) < 4.78 is 0. The number of nitrogens with one attached hydrogen (secondary N) is 2. The van der Waals surface area contributed by atoms with E-state index in [9.17, 15) is 4.79 Å². The molecule has 3 unspecified atom stereocenters. The van der Waals surface area contributed by atoms with E-state index in [0.717, 1.165) is 0 Å². The molecule has 0 aliphatic carbocycles. The molecule has 106 valence electrons. The van der Waals surface area contributed by atoms with E-state index >= 15 is 0 Å². The fourth-order valence-corrected chi connectivity index (χ4v) is 2.37. The van der Waals surface area contributed by atoms with Gasteiger partial charge in [-0.15, -0.1) is 0 Å². The summed E-state index contributed by atoms with van der Waals surface area (Å²) in [5, 5.41) is 5.26. The van der Waals surface area contributed by atoms with Crippen molar-refractivity contribution in [3.8, 4) is 0 Å². The van der Waals surface area contributed by atoms with Crippen LogP contribution in [0.4, 0.5) is 0 Å². The van der Waals surface area contributed by atoms with E-state index in [2.05, 4.69) is 50.4 Å². The molecule has 1 rings (SSSR count). The van der Waals surface area contributed by atoms with Crippen molar-refractivity contribution >= 4 is 5.91 Å². The van der Waals surface area contributed by atoms with Gasteiger partial charge in [0.05, 0.1) is 6.54 Å². The average molecular weight is 255 g/mol. The van der Waals surface area contributed by atoms with Crippen molar-refractivity contribution in [2.24, 2.45) is 5.92 Å². The van der Waals surface area contributed by atoms with Gasteiger partial charge in [0.25, 0.3) is 0 Å². The highest BCUT2D eigenvalue weighted by Crippen LogP contribution is 2.19. The molecule has 18 heavy (non-hydrogen) atoms. The van der Waals surface area contributed by atoms with E-state index in [-0.39, 0.29) is 11.9 Å². The van der Waals surface area contributed by atoms with E-state index in [0.29, 0.717) is 24.5 Å². The van der Waals surface area contributed by atoms with Crippen LogP contribution in [0, 0.1) is 5.92 Å². The molecule has 4 heteroatoms. The summed E-state index contributed by atoms with van der Waals surface area (Å²) in [4.78, 5) is 11.8. The van der Waals surface area contributed by atoms with Gasteiger partial charge in [0.2, 0.25) is 5.91 Å². The Labute approximate surface area is 111 Å². The van der Waals surface area contributed by atoms with Gasteiger partial charge in [0.15, 0.2) is 0 Å². The number of rotatable bonds is 5. The molecule has 0 saturated carbocycles. The summed E-state index contributed by atoms with van der Waals surface area (Å²) >= 11 is 0. The molecule has 4 nitrogen and oxygen atoms in total. The Morgan fingerprint density at radius 2 is 1.78 bits per heavy atom. The molecule has 0 aromatic rings. The van der Waals surface area contributed by atoms with Gasteiger partial charge >= 0.3 is 0 Å².